The zero-order valence-electron chi connectivity index (χ0n) is 24.6. The van der Waals surface area contributed by atoms with E-state index in [0.717, 1.165) is 16.7 Å². The van der Waals surface area contributed by atoms with Crippen molar-refractivity contribution in [3.63, 3.8) is 0 Å². The number of hydrogen-bond donors (Lipinski definition) is 2. The first-order valence-electron chi connectivity index (χ1n) is 14.3. The van der Waals surface area contributed by atoms with Gasteiger partial charge in [0, 0.05) is 33.1 Å². The number of nitrogens with one attached hydrogen (secondary N) is 1. The van der Waals surface area contributed by atoms with E-state index in [4.69, 9.17) is 4.42 Å². The highest BCUT2D eigenvalue weighted by atomic mass is 16.4. The number of anilines is 1. The predicted octanol–water partition coefficient (Wildman–Crippen LogP) is 5.86. The molecule has 5 rings (SSSR count). The van der Waals surface area contributed by atoms with Gasteiger partial charge in [-0.3, -0.25) is 9.69 Å². The zero-order chi connectivity index (χ0) is 31.1. The number of amides is 2. The maximum Gasteiger partial charge on any atom is 0.407 e. The Labute approximate surface area is 255 Å². The Bertz CT molecular complexity index is 1790. The van der Waals surface area contributed by atoms with E-state index in [1.807, 2.05) is 91.0 Å². The van der Waals surface area contributed by atoms with Crippen molar-refractivity contribution < 1.29 is 19.1 Å². The molecule has 2 amide bonds. The highest BCUT2D eigenvalue weighted by molar-refractivity contribution is 5.85. The lowest BCUT2D eigenvalue weighted by atomic mass is 10.0. The molecule has 1 heterocycles. The number of fused-ring (bicyclic) bond motifs is 1. The van der Waals surface area contributed by atoms with E-state index in [-0.39, 0.29) is 30.4 Å². The average molecular weight is 591 g/mol. The summed E-state index contributed by atoms with van der Waals surface area (Å²) in [5.41, 5.74) is 3.82. The summed E-state index contributed by atoms with van der Waals surface area (Å²) < 4.78 is 5.61. The summed E-state index contributed by atoms with van der Waals surface area (Å²) in [6.45, 7) is 2.47. The molecule has 9 heteroatoms. The topological polar surface area (TPSA) is 116 Å². The molecule has 1 aromatic heterocycles. The molecule has 224 valence electrons. The fourth-order valence-corrected chi connectivity index (χ4v) is 5.20. The van der Waals surface area contributed by atoms with E-state index in [2.05, 4.69) is 10.3 Å². The number of likely N-dealkylation sites (N-methyl/N-ethyl adjacent to an activating group) is 1. The summed E-state index contributed by atoms with van der Waals surface area (Å²) in [6, 6.07) is 31.3. The summed E-state index contributed by atoms with van der Waals surface area (Å²) in [5, 5.41) is 13.2. The fraction of sp³-hybridized carbons (Fsp3) is 0.200. The molecule has 5 aromatic rings. The van der Waals surface area contributed by atoms with Crippen molar-refractivity contribution in [2.45, 2.75) is 39.0 Å². The van der Waals surface area contributed by atoms with Crippen LogP contribution in [0.25, 0.3) is 10.9 Å². The normalized spacial score (nSPS) is 11.6. The molecule has 0 saturated carbocycles. The fourth-order valence-electron chi connectivity index (χ4n) is 5.20. The van der Waals surface area contributed by atoms with Crippen molar-refractivity contribution in [3.8, 4) is 0 Å². The van der Waals surface area contributed by atoms with Crippen LogP contribution in [0, 0.1) is 6.92 Å². The second-order valence-electron chi connectivity index (χ2n) is 10.7. The molecule has 1 unspecified atom stereocenters. The molecule has 0 aliphatic carbocycles. The van der Waals surface area contributed by atoms with Crippen molar-refractivity contribution in [3.05, 3.63) is 141 Å². The number of aryl methyl sites for hydroxylation is 1. The molecule has 0 aliphatic heterocycles. The van der Waals surface area contributed by atoms with Gasteiger partial charge in [-0.15, -0.1) is 0 Å². The standard InChI is InChI=1S/C35H34N4O5/c1-24-28(23-39(35(42)43)22-27-16-10-5-11-17-27)18-19-29-31(24)33(41)44-34(36-29)37-30(20-25-12-6-3-7-13-25)32(40)38(2)21-26-14-8-4-9-15-26/h3-19,30H,20-23H2,1-2H3,(H,36,37)(H,42,43). The van der Waals surface area contributed by atoms with Crippen molar-refractivity contribution in [1.29, 1.82) is 0 Å². The van der Waals surface area contributed by atoms with E-state index in [9.17, 15) is 19.5 Å². The van der Waals surface area contributed by atoms with Gasteiger partial charge in [-0.2, -0.15) is 4.98 Å². The summed E-state index contributed by atoms with van der Waals surface area (Å²) in [4.78, 5) is 46.5. The lowest BCUT2D eigenvalue weighted by Crippen LogP contribution is -2.42. The number of carbonyl (C=O) groups is 2. The highest BCUT2D eigenvalue weighted by Crippen LogP contribution is 2.22. The number of carboxylic acid groups (broad SMARTS) is 1. The lowest BCUT2D eigenvalue weighted by Gasteiger charge is -2.25. The van der Waals surface area contributed by atoms with E-state index >= 15 is 0 Å². The van der Waals surface area contributed by atoms with Gasteiger partial charge in [-0.25, -0.2) is 9.59 Å². The number of carbonyl (C=O) groups excluding carboxylic acids is 1. The predicted molar refractivity (Wildman–Crippen MR) is 169 cm³/mol. The third-order valence-electron chi connectivity index (χ3n) is 7.54. The van der Waals surface area contributed by atoms with Crippen LogP contribution in [0.3, 0.4) is 0 Å². The second kappa shape index (κ2) is 13.7. The van der Waals surface area contributed by atoms with Crippen molar-refractivity contribution >= 4 is 28.9 Å². The van der Waals surface area contributed by atoms with E-state index in [1.165, 1.54) is 4.90 Å². The lowest BCUT2D eigenvalue weighted by molar-refractivity contribution is -0.131. The number of hydrogen-bond acceptors (Lipinski definition) is 6. The number of aromatic nitrogens is 1. The highest BCUT2D eigenvalue weighted by Gasteiger charge is 2.25. The van der Waals surface area contributed by atoms with Crippen LogP contribution >= 0.6 is 0 Å². The van der Waals surface area contributed by atoms with Gasteiger partial charge < -0.3 is 19.7 Å². The molecule has 0 spiro atoms. The Morgan fingerprint density at radius 1 is 0.818 bits per heavy atom. The number of rotatable bonds is 11. The van der Waals surface area contributed by atoms with Crippen molar-refractivity contribution in [1.82, 2.24) is 14.8 Å². The smallest absolute Gasteiger partial charge is 0.407 e. The molecule has 9 nitrogen and oxygen atoms in total. The van der Waals surface area contributed by atoms with E-state index in [0.29, 0.717) is 29.6 Å². The molecule has 0 radical (unpaired) electrons. The Balaban J connectivity index is 1.40. The Morgan fingerprint density at radius 2 is 1.39 bits per heavy atom. The Morgan fingerprint density at radius 3 is 1.98 bits per heavy atom. The maximum absolute atomic E-state index is 13.7. The molecular weight excluding hydrogens is 556 g/mol. The first-order chi connectivity index (χ1) is 21.3. The van der Waals surface area contributed by atoms with E-state index in [1.54, 1.807) is 31.0 Å². The number of benzene rings is 4. The van der Waals surface area contributed by atoms with Gasteiger partial charge in [0.1, 0.15) is 6.04 Å². The molecule has 0 aliphatic rings. The maximum atomic E-state index is 13.7. The summed E-state index contributed by atoms with van der Waals surface area (Å²) in [7, 11) is 1.74. The zero-order valence-corrected chi connectivity index (χ0v) is 24.6. The molecule has 1 atom stereocenters. The van der Waals surface area contributed by atoms with Crippen molar-refractivity contribution in [2.24, 2.45) is 0 Å². The van der Waals surface area contributed by atoms with Crippen LogP contribution in [0.15, 0.2) is 112 Å². The van der Waals surface area contributed by atoms with Crippen LogP contribution in [0.4, 0.5) is 10.8 Å². The monoisotopic (exact) mass is 590 g/mol. The van der Waals surface area contributed by atoms with Gasteiger partial charge in [-0.05, 0) is 40.8 Å². The third kappa shape index (κ3) is 7.30. The summed E-state index contributed by atoms with van der Waals surface area (Å²) in [5.74, 6) is -0.180. The molecule has 0 saturated heterocycles. The largest absolute Gasteiger partial charge is 0.465 e. The molecule has 4 aromatic carbocycles. The minimum absolute atomic E-state index is 0.0618. The van der Waals surface area contributed by atoms with Crippen LogP contribution in [-0.2, 0) is 30.8 Å². The summed E-state index contributed by atoms with van der Waals surface area (Å²) in [6.07, 6.45) is -0.712. The SMILES string of the molecule is Cc1c(CN(Cc2ccccc2)C(=O)O)ccc2nc(NC(Cc3ccccc3)C(=O)N(C)Cc3ccccc3)oc(=O)c12. The first kappa shape index (κ1) is 30.0. The van der Waals surface area contributed by atoms with Gasteiger partial charge in [0.2, 0.25) is 5.91 Å². The van der Waals surface area contributed by atoms with E-state index < -0.39 is 17.8 Å². The van der Waals surface area contributed by atoms with Crippen LogP contribution in [0.2, 0.25) is 0 Å². The van der Waals surface area contributed by atoms with Crippen LogP contribution in [-0.4, -0.2) is 45.0 Å². The average Bonchev–Trinajstić information content (AvgIpc) is 3.02. The van der Waals surface area contributed by atoms with Gasteiger partial charge in [0.25, 0.3) is 6.01 Å². The quantitative estimate of drug-likeness (QED) is 0.198. The minimum atomic E-state index is -1.07. The van der Waals surface area contributed by atoms with Gasteiger partial charge >= 0.3 is 11.7 Å². The second-order valence-corrected chi connectivity index (χ2v) is 10.7. The molecular formula is C35H34N4O5. The Hall–Kier alpha value is -5.44. The molecule has 2 N–H and O–H groups in total. The van der Waals surface area contributed by atoms with Gasteiger partial charge in [-0.1, -0.05) is 97.1 Å². The van der Waals surface area contributed by atoms with Gasteiger partial charge in [0.05, 0.1) is 10.9 Å². The number of nitrogens with zero attached hydrogens (tertiary/aromatic N) is 3. The van der Waals surface area contributed by atoms with Crippen LogP contribution in [0.1, 0.15) is 27.8 Å². The Kier molecular flexibility index (Phi) is 9.34. The molecule has 0 bridgehead atoms. The minimum Gasteiger partial charge on any atom is -0.465 e. The third-order valence-corrected chi connectivity index (χ3v) is 7.54. The van der Waals surface area contributed by atoms with Crippen LogP contribution in [0.5, 0.6) is 0 Å². The summed E-state index contributed by atoms with van der Waals surface area (Å²) >= 11 is 0. The molecule has 0 fully saturated rings. The molecule has 44 heavy (non-hydrogen) atoms. The van der Waals surface area contributed by atoms with Crippen LogP contribution < -0.4 is 10.9 Å². The van der Waals surface area contributed by atoms with Crippen molar-refractivity contribution in [2.75, 3.05) is 12.4 Å². The van der Waals surface area contributed by atoms with Gasteiger partial charge in [0.15, 0.2) is 0 Å². The first-order valence-corrected chi connectivity index (χ1v) is 14.3.